The molecule has 1 saturated heterocycles. The largest absolute Gasteiger partial charge is 0.477 e. The molecule has 2 amide bonds. The predicted octanol–water partition coefficient (Wildman–Crippen LogP) is 3.25. The van der Waals surface area contributed by atoms with Gasteiger partial charge >= 0.3 is 5.97 Å². The van der Waals surface area contributed by atoms with Crippen LogP contribution in [-0.4, -0.2) is 53.6 Å². The molecule has 8 nitrogen and oxygen atoms in total. The smallest absolute Gasteiger partial charge is 0.341 e. The average molecular weight is 524 g/mol. The maximum Gasteiger partial charge on any atom is 0.341 e. The van der Waals surface area contributed by atoms with Crippen LogP contribution in [0.3, 0.4) is 0 Å². The number of nitrogens with two attached hydrogens (primary N) is 1. The Balaban J connectivity index is 1.46. The van der Waals surface area contributed by atoms with Gasteiger partial charge in [-0.15, -0.1) is 0 Å². The minimum absolute atomic E-state index is 0.104. The molecular formula is C28H27F2N3O5. The molecule has 4 rings (SSSR count). The third kappa shape index (κ3) is 6.04. The van der Waals surface area contributed by atoms with Crippen LogP contribution >= 0.6 is 0 Å². The van der Waals surface area contributed by atoms with E-state index < -0.39 is 35.1 Å². The van der Waals surface area contributed by atoms with Crippen LogP contribution in [0.15, 0.2) is 54.6 Å². The first-order valence-corrected chi connectivity index (χ1v) is 11.9. The first-order valence-electron chi connectivity index (χ1n) is 11.9. The Kier molecular flexibility index (Phi) is 8.13. The van der Waals surface area contributed by atoms with Gasteiger partial charge in [-0.05, 0) is 65.1 Å². The minimum atomic E-state index is -1.70. The third-order valence-corrected chi connectivity index (χ3v) is 6.46. The molecule has 1 heterocycles. The number of hydrogen-bond donors (Lipinski definition) is 3. The highest BCUT2D eigenvalue weighted by molar-refractivity contribution is 5.93. The van der Waals surface area contributed by atoms with Crippen molar-refractivity contribution in [3.05, 3.63) is 94.0 Å². The lowest BCUT2D eigenvalue weighted by Crippen LogP contribution is -2.53. The first-order chi connectivity index (χ1) is 18.1. The van der Waals surface area contributed by atoms with Crippen LogP contribution in [0.2, 0.25) is 0 Å². The number of nitrogens with zero attached hydrogens (tertiary/aromatic N) is 1. The highest BCUT2D eigenvalue weighted by Crippen LogP contribution is 2.26. The van der Waals surface area contributed by atoms with Crippen LogP contribution in [-0.2, 0) is 22.6 Å². The summed E-state index contributed by atoms with van der Waals surface area (Å²) >= 11 is 0. The second-order valence-electron chi connectivity index (χ2n) is 9.11. The van der Waals surface area contributed by atoms with Gasteiger partial charge in [-0.25, -0.2) is 13.6 Å². The minimum Gasteiger partial charge on any atom is -0.477 e. The predicted molar refractivity (Wildman–Crippen MR) is 135 cm³/mol. The van der Waals surface area contributed by atoms with Gasteiger partial charge in [-0.2, -0.15) is 0 Å². The molecule has 1 fully saturated rings. The fraction of sp³-hybridized carbons (Fsp3) is 0.250. The fourth-order valence-electron chi connectivity index (χ4n) is 4.52. The van der Waals surface area contributed by atoms with E-state index in [9.17, 15) is 23.2 Å². The van der Waals surface area contributed by atoms with Crippen LogP contribution in [0.4, 0.5) is 8.78 Å². The molecular weight excluding hydrogens is 496 g/mol. The summed E-state index contributed by atoms with van der Waals surface area (Å²) in [5, 5.41) is 11.6. The molecule has 1 aliphatic rings. The zero-order valence-electron chi connectivity index (χ0n) is 20.7. The number of primary amides is 1. The second kappa shape index (κ2) is 11.5. The molecule has 1 atom stereocenters. The van der Waals surface area contributed by atoms with E-state index in [1.165, 1.54) is 0 Å². The Morgan fingerprint density at radius 2 is 1.82 bits per heavy atom. The molecule has 4 N–H and O–H groups in total. The zero-order chi connectivity index (χ0) is 27.4. The van der Waals surface area contributed by atoms with Crippen LogP contribution in [0.25, 0.3) is 11.1 Å². The molecule has 1 aliphatic heterocycles. The van der Waals surface area contributed by atoms with E-state index in [1.807, 2.05) is 42.2 Å². The molecule has 3 aromatic carbocycles. The van der Waals surface area contributed by atoms with E-state index in [2.05, 4.69) is 5.32 Å². The Bertz CT molecular complexity index is 1370. The summed E-state index contributed by atoms with van der Waals surface area (Å²) in [6, 6.07) is 14.3. The van der Waals surface area contributed by atoms with Gasteiger partial charge < -0.3 is 20.9 Å². The number of aryl methyl sites for hydroxylation is 1. The van der Waals surface area contributed by atoms with Gasteiger partial charge in [-0.3, -0.25) is 14.5 Å². The number of carbonyl (C=O) groups excluding carboxylic acids is 2. The Morgan fingerprint density at radius 3 is 2.47 bits per heavy atom. The number of halogens is 2. The Morgan fingerprint density at radius 1 is 1.08 bits per heavy atom. The SMILES string of the molecule is Cc1cc(C(N)=O)ccc1-c1cccc(CN2CCOC[C@@H]2C(=O)NCc2cc(F)c(C(=O)O)c(F)c2)c1. The quantitative estimate of drug-likeness (QED) is 0.417. The van der Waals surface area contributed by atoms with Gasteiger partial charge in [0.05, 0.1) is 13.2 Å². The maximum atomic E-state index is 14.0. The molecule has 38 heavy (non-hydrogen) atoms. The van der Waals surface area contributed by atoms with Gasteiger partial charge in [0.1, 0.15) is 23.2 Å². The van der Waals surface area contributed by atoms with Gasteiger partial charge in [0.25, 0.3) is 0 Å². The number of carboxylic acids is 1. The number of hydrogen-bond acceptors (Lipinski definition) is 5. The number of rotatable bonds is 8. The molecule has 0 radical (unpaired) electrons. The molecule has 0 aromatic heterocycles. The molecule has 0 spiro atoms. The molecule has 0 saturated carbocycles. The van der Waals surface area contributed by atoms with E-state index in [-0.39, 0.29) is 24.6 Å². The van der Waals surface area contributed by atoms with Crippen molar-refractivity contribution in [1.82, 2.24) is 10.2 Å². The zero-order valence-corrected chi connectivity index (χ0v) is 20.7. The molecule has 0 bridgehead atoms. The van der Waals surface area contributed by atoms with Crippen molar-refractivity contribution in [2.24, 2.45) is 5.73 Å². The van der Waals surface area contributed by atoms with Crippen molar-refractivity contribution in [1.29, 1.82) is 0 Å². The van der Waals surface area contributed by atoms with E-state index in [0.29, 0.717) is 25.3 Å². The summed E-state index contributed by atoms with van der Waals surface area (Å²) in [7, 11) is 0. The number of nitrogens with one attached hydrogen (secondary N) is 1. The molecule has 10 heteroatoms. The van der Waals surface area contributed by atoms with Crippen LogP contribution in [0.1, 0.15) is 37.4 Å². The van der Waals surface area contributed by atoms with Crippen LogP contribution in [0, 0.1) is 18.6 Å². The lowest BCUT2D eigenvalue weighted by Gasteiger charge is -2.34. The summed E-state index contributed by atoms with van der Waals surface area (Å²) in [4.78, 5) is 37.4. The average Bonchev–Trinajstić information content (AvgIpc) is 2.87. The standard InChI is InChI=1S/C28H27F2N3O5/c1-16-9-20(26(31)34)5-6-21(16)19-4-2-3-17(10-19)14-33-7-8-38-15-24(33)27(35)32-13-18-11-22(29)25(28(36)37)23(30)12-18/h2-6,9-12,24H,7-8,13-15H2,1H3,(H2,31,34)(H,32,35)(H,36,37)/t24-/m1/s1. The van der Waals surface area contributed by atoms with E-state index in [4.69, 9.17) is 15.6 Å². The Labute approximate surface area is 218 Å². The molecule has 0 unspecified atom stereocenters. The summed E-state index contributed by atoms with van der Waals surface area (Å²) in [5.41, 5.74) is 8.68. The third-order valence-electron chi connectivity index (χ3n) is 6.46. The number of carbonyl (C=O) groups is 3. The summed E-state index contributed by atoms with van der Waals surface area (Å²) in [6.07, 6.45) is 0. The fourth-order valence-corrected chi connectivity index (χ4v) is 4.52. The van der Waals surface area contributed by atoms with E-state index in [1.54, 1.807) is 12.1 Å². The van der Waals surface area contributed by atoms with Crippen LogP contribution in [0.5, 0.6) is 0 Å². The number of carboxylic acid groups (broad SMARTS) is 1. The van der Waals surface area contributed by atoms with Gasteiger partial charge in [-0.1, -0.05) is 24.3 Å². The normalized spacial score (nSPS) is 15.7. The van der Waals surface area contributed by atoms with Gasteiger partial charge in [0, 0.05) is 25.2 Å². The summed E-state index contributed by atoms with van der Waals surface area (Å²) < 4.78 is 33.5. The van der Waals surface area contributed by atoms with Crippen molar-refractivity contribution >= 4 is 17.8 Å². The van der Waals surface area contributed by atoms with Crippen molar-refractivity contribution in [2.45, 2.75) is 26.1 Å². The van der Waals surface area contributed by atoms with E-state index in [0.717, 1.165) is 34.4 Å². The highest BCUT2D eigenvalue weighted by Gasteiger charge is 2.29. The van der Waals surface area contributed by atoms with Crippen LogP contribution < -0.4 is 11.1 Å². The number of benzene rings is 3. The maximum absolute atomic E-state index is 14.0. The van der Waals surface area contributed by atoms with E-state index >= 15 is 0 Å². The lowest BCUT2D eigenvalue weighted by atomic mass is 9.96. The summed E-state index contributed by atoms with van der Waals surface area (Å²) in [6.45, 7) is 3.30. The van der Waals surface area contributed by atoms with Gasteiger partial charge in [0.2, 0.25) is 11.8 Å². The van der Waals surface area contributed by atoms with Crippen molar-refractivity contribution in [2.75, 3.05) is 19.8 Å². The molecule has 198 valence electrons. The molecule has 3 aromatic rings. The number of morpholine rings is 1. The number of ether oxygens (including phenoxy) is 1. The van der Waals surface area contributed by atoms with Crippen molar-refractivity contribution in [3.63, 3.8) is 0 Å². The second-order valence-corrected chi connectivity index (χ2v) is 9.11. The van der Waals surface area contributed by atoms with Crippen molar-refractivity contribution in [3.8, 4) is 11.1 Å². The summed E-state index contributed by atoms with van der Waals surface area (Å²) in [5.74, 6) is -4.97. The van der Waals surface area contributed by atoms with Crippen molar-refractivity contribution < 1.29 is 33.0 Å². The van der Waals surface area contributed by atoms with Gasteiger partial charge in [0.15, 0.2) is 0 Å². The monoisotopic (exact) mass is 523 g/mol. The number of amides is 2. The lowest BCUT2D eigenvalue weighted by molar-refractivity contribution is -0.133. The topological polar surface area (TPSA) is 122 Å². The highest BCUT2D eigenvalue weighted by atomic mass is 19.1. The first kappa shape index (κ1) is 26.9. The number of aromatic carboxylic acids is 1. The molecule has 0 aliphatic carbocycles. The Hall–Kier alpha value is -4.15.